The first-order chi connectivity index (χ1) is 7.16. The minimum absolute atomic E-state index is 0.474. The Bertz CT molecular complexity index is 329. The molecule has 1 aromatic rings. The number of imidazole rings is 1. The van der Waals surface area contributed by atoms with Crippen LogP contribution in [-0.2, 0) is 6.54 Å². The molecule has 84 valence electrons. The van der Waals surface area contributed by atoms with Crippen LogP contribution in [0.3, 0.4) is 0 Å². The summed E-state index contributed by atoms with van der Waals surface area (Å²) in [6.07, 6.45) is 6.08. The molecular formula is C11H18BrN3. The lowest BCUT2D eigenvalue weighted by molar-refractivity contribution is 0.332. The van der Waals surface area contributed by atoms with Gasteiger partial charge in [-0.25, -0.2) is 4.98 Å². The molecule has 1 heterocycles. The summed E-state index contributed by atoms with van der Waals surface area (Å²) < 4.78 is 3.15. The Balaban J connectivity index is 1.98. The van der Waals surface area contributed by atoms with E-state index in [0.717, 1.165) is 23.0 Å². The minimum atomic E-state index is 0.474. The highest BCUT2D eigenvalue weighted by atomic mass is 79.9. The van der Waals surface area contributed by atoms with Gasteiger partial charge < -0.3 is 9.88 Å². The molecule has 0 spiro atoms. The molecule has 0 radical (unpaired) electrons. The summed E-state index contributed by atoms with van der Waals surface area (Å²) in [6, 6.07) is 1.20. The van der Waals surface area contributed by atoms with Gasteiger partial charge in [0.1, 0.15) is 10.4 Å². The van der Waals surface area contributed by atoms with Crippen LogP contribution in [0.5, 0.6) is 0 Å². The molecule has 1 fully saturated rings. The average Bonchev–Trinajstić information content (AvgIpc) is 2.44. The highest BCUT2D eigenvalue weighted by Gasteiger charge is 2.17. The third kappa shape index (κ3) is 2.61. The van der Waals surface area contributed by atoms with Crippen molar-refractivity contribution in [3.05, 3.63) is 16.6 Å². The lowest BCUT2D eigenvalue weighted by Crippen LogP contribution is -2.35. The second-order valence-electron chi connectivity index (χ2n) is 4.49. The number of hydrogen-bond donors (Lipinski definition) is 1. The van der Waals surface area contributed by atoms with Gasteiger partial charge in [0.15, 0.2) is 0 Å². The highest BCUT2D eigenvalue weighted by Crippen LogP contribution is 2.20. The first kappa shape index (κ1) is 11.1. The molecule has 0 atom stereocenters. The molecule has 1 aromatic heterocycles. The first-order valence-corrected chi connectivity index (χ1v) is 6.42. The summed E-state index contributed by atoms with van der Waals surface area (Å²) in [6.45, 7) is 5.25. The number of rotatable bonds is 4. The van der Waals surface area contributed by atoms with E-state index in [1.165, 1.54) is 19.3 Å². The van der Waals surface area contributed by atoms with Crippen LogP contribution < -0.4 is 5.32 Å². The minimum Gasteiger partial charge on any atom is -0.330 e. The largest absolute Gasteiger partial charge is 0.330 e. The quantitative estimate of drug-likeness (QED) is 0.913. The maximum absolute atomic E-state index is 4.48. The van der Waals surface area contributed by atoms with Gasteiger partial charge in [-0.3, -0.25) is 0 Å². The monoisotopic (exact) mass is 271 g/mol. The van der Waals surface area contributed by atoms with Crippen molar-refractivity contribution >= 4 is 15.9 Å². The summed E-state index contributed by atoms with van der Waals surface area (Å²) in [4.78, 5) is 4.48. The van der Waals surface area contributed by atoms with E-state index in [9.17, 15) is 0 Å². The molecule has 0 aliphatic heterocycles. The van der Waals surface area contributed by atoms with Gasteiger partial charge in [-0.2, -0.15) is 0 Å². The van der Waals surface area contributed by atoms with Gasteiger partial charge in [0, 0.05) is 18.3 Å². The molecule has 0 bridgehead atoms. The van der Waals surface area contributed by atoms with Gasteiger partial charge in [-0.1, -0.05) is 6.42 Å². The van der Waals surface area contributed by atoms with E-state index in [2.05, 4.69) is 50.8 Å². The first-order valence-electron chi connectivity index (χ1n) is 5.63. The topological polar surface area (TPSA) is 29.9 Å². The molecule has 0 saturated heterocycles. The van der Waals surface area contributed by atoms with Crippen LogP contribution >= 0.6 is 15.9 Å². The number of halogens is 1. The van der Waals surface area contributed by atoms with Crippen molar-refractivity contribution in [2.75, 3.05) is 0 Å². The zero-order valence-corrected chi connectivity index (χ0v) is 10.9. The van der Waals surface area contributed by atoms with Crippen LogP contribution in [0.4, 0.5) is 0 Å². The van der Waals surface area contributed by atoms with Gasteiger partial charge in [0.2, 0.25) is 0 Å². The predicted octanol–water partition coefficient (Wildman–Crippen LogP) is 2.87. The Kier molecular flexibility index (Phi) is 3.46. The van der Waals surface area contributed by atoms with Crippen molar-refractivity contribution in [2.45, 2.75) is 51.7 Å². The van der Waals surface area contributed by atoms with Crippen molar-refractivity contribution < 1.29 is 0 Å². The molecule has 2 rings (SSSR count). The fourth-order valence-corrected chi connectivity index (χ4v) is 2.25. The fraction of sp³-hybridized carbons (Fsp3) is 0.727. The average molecular weight is 272 g/mol. The molecule has 1 aliphatic carbocycles. The van der Waals surface area contributed by atoms with E-state index in [0.29, 0.717) is 6.04 Å². The van der Waals surface area contributed by atoms with Gasteiger partial charge >= 0.3 is 0 Å². The van der Waals surface area contributed by atoms with E-state index < -0.39 is 0 Å². The molecule has 15 heavy (non-hydrogen) atoms. The van der Waals surface area contributed by atoms with Gasteiger partial charge in [0.05, 0.1) is 6.54 Å². The van der Waals surface area contributed by atoms with Crippen LogP contribution in [0.2, 0.25) is 0 Å². The highest BCUT2D eigenvalue weighted by molar-refractivity contribution is 9.10. The third-order valence-electron chi connectivity index (χ3n) is 2.99. The zero-order valence-electron chi connectivity index (χ0n) is 9.33. The third-order valence-corrected chi connectivity index (χ3v) is 3.37. The number of nitrogens with zero attached hydrogens (tertiary/aromatic N) is 2. The van der Waals surface area contributed by atoms with Crippen molar-refractivity contribution in [2.24, 2.45) is 0 Å². The molecular weight excluding hydrogens is 254 g/mol. The molecule has 0 aromatic carbocycles. The van der Waals surface area contributed by atoms with Crippen LogP contribution in [0.25, 0.3) is 0 Å². The number of aromatic nitrogens is 2. The summed E-state index contributed by atoms with van der Waals surface area (Å²) in [5.74, 6) is 1.13. The SMILES string of the molecule is CC(C)n1cc(Br)nc1CNC1CCC1. The van der Waals surface area contributed by atoms with Crippen molar-refractivity contribution in [1.29, 1.82) is 0 Å². The normalized spacial score (nSPS) is 17.1. The smallest absolute Gasteiger partial charge is 0.124 e. The van der Waals surface area contributed by atoms with Crippen molar-refractivity contribution in [1.82, 2.24) is 14.9 Å². The Labute approximate surface area is 99.4 Å². The van der Waals surface area contributed by atoms with Crippen LogP contribution in [-0.4, -0.2) is 15.6 Å². The second kappa shape index (κ2) is 4.66. The van der Waals surface area contributed by atoms with E-state index in [1.54, 1.807) is 0 Å². The summed E-state index contributed by atoms with van der Waals surface area (Å²) in [5.41, 5.74) is 0. The molecule has 3 nitrogen and oxygen atoms in total. The molecule has 1 aliphatic rings. The Morgan fingerprint density at radius 2 is 2.33 bits per heavy atom. The molecule has 1 N–H and O–H groups in total. The van der Waals surface area contributed by atoms with Crippen molar-refractivity contribution in [3.63, 3.8) is 0 Å². The number of nitrogens with one attached hydrogen (secondary N) is 1. The Hall–Kier alpha value is -0.350. The summed E-state index contributed by atoms with van der Waals surface area (Å²) in [5, 5.41) is 3.54. The van der Waals surface area contributed by atoms with E-state index in [1.807, 2.05) is 0 Å². The standard InChI is InChI=1S/C11H18BrN3/c1-8(2)15-7-10(12)14-11(15)6-13-9-4-3-5-9/h7-9,13H,3-6H2,1-2H3. The molecule has 0 amide bonds. The van der Waals surface area contributed by atoms with Crippen LogP contribution in [0.15, 0.2) is 10.8 Å². The lowest BCUT2D eigenvalue weighted by atomic mass is 9.93. The molecule has 1 saturated carbocycles. The van der Waals surface area contributed by atoms with Gasteiger partial charge in [-0.15, -0.1) is 0 Å². The zero-order chi connectivity index (χ0) is 10.8. The molecule has 4 heteroatoms. The predicted molar refractivity (Wildman–Crippen MR) is 64.8 cm³/mol. The van der Waals surface area contributed by atoms with Crippen LogP contribution in [0.1, 0.15) is 45.0 Å². The Morgan fingerprint density at radius 3 is 2.87 bits per heavy atom. The van der Waals surface area contributed by atoms with E-state index >= 15 is 0 Å². The lowest BCUT2D eigenvalue weighted by Gasteiger charge is -2.26. The van der Waals surface area contributed by atoms with Gasteiger partial charge in [-0.05, 0) is 42.6 Å². The molecule has 0 unspecified atom stereocenters. The van der Waals surface area contributed by atoms with Gasteiger partial charge in [0.25, 0.3) is 0 Å². The number of hydrogen-bond acceptors (Lipinski definition) is 2. The summed E-state index contributed by atoms with van der Waals surface area (Å²) >= 11 is 3.43. The van der Waals surface area contributed by atoms with E-state index in [-0.39, 0.29) is 0 Å². The maximum Gasteiger partial charge on any atom is 0.124 e. The maximum atomic E-state index is 4.48. The van der Waals surface area contributed by atoms with Crippen molar-refractivity contribution in [3.8, 4) is 0 Å². The summed E-state index contributed by atoms with van der Waals surface area (Å²) in [7, 11) is 0. The van der Waals surface area contributed by atoms with Crippen LogP contribution in [0, 0.1) is 0 Å². The van der Waals surface area contributed by atoms with E-state index in [4.69, 9.17) is 0 Å². The fourth-order valence-electron chi connectivity index (χ4n) is 1.83. The second-order valence-corrected chi connectivity index (χ2v) is 5.30. The Morgan fingerprint density at radius 1 is 1.60 bits per heavy atom.